The lowest BCUT2D eigenvalue weighted by Gasteiger charge is -2.10. The number of benzene rings is 1. The highest BCUT2D eigenvalue weighted by atomic mass is 32.1. The van der Waals surface area contributed by atoms with E-state index in [1.165, 1.54) is 24.2 Å². The SMILES string of the molecule is NC(Cc1ccccc1)C(=O)Nc1nnc(C2CC2)s1. The summed E-state index contributed by atoms with van der Waals surface area (Å²) in [5, 5.41) is 12.4. The van der Waals surface area contributed by atoms with Crippen molar-refractivity contribution in [1.82, 2.24) is 10.2 Å². The molecule has 104 valence electrons. The maximum absolute atomic E-state index is 12.0. The zero-order chi connectivity index (χ0) is 13.9. The van der Waals surface area contributed by atoms with Crippen molar-refractivity contribution >= 4 is 22.4 Å². The monoisotopic (exact) mass is 288 g/mol. The molecule has 1 saturated carbocycles. The van der Waals surface area contributed by atoms with E-state index in [0.717, 1.165) is 10.6 Å². The molecule has 2 aromatic rings. The molecule has 1 aliphatic carbocycles. The molecule has 1 amide bonds. The van der Waals surface area contributed by atoms with Crippen molar-refractivity contribution in [3.8, 4) is 0 Å². The fourth-order valence-corrected chi connectivity index (χ4v) is 2.85. The summed E-state index contributed by atoms with van der Waals surface area (Å²) in [6.07, 6.45) is 2.87. The predicted octanol–water partition coefficient (Wildman–Crippen LogP) is 1.92. The molecule has 3 N–H and O–H groups in total. The molecule has 5 nitrogen and oxygen atoms in total. The van der Waals surface area contributed by atoms with E-state index in [0.29, 0.717) is 17.5 Å². The van der Waals surface area contributed by atoms with Crippen molar-refractivity contribution in [2.24, 2.45) is 5.73 Å². The van der Waals surface area contributed by atoms with Crippen LogP contribution in [-0.2, 0) is 11.2 Å². The van der Waals surface area contributed by atoms with Gasteiger partial charge in [0.1, 0.15) is 5.01 Å². The molecule has 6 heteroatoms. The van der Waals surface area contributed by atoms with Crippen LogP contribution in [0.2, 0.25) is 0 Å². The second-order valence-corrected chi connectivity index (χ2v) is 6.01. The third-order valence-corrected chi connectivity index (χ3v) is 4.23. The summed E-state index contributed by atoms with van der Waals surface area (Å²) in [7, 11) is 0. The summed E-state index contributed by atoms with van der Waals surface area (Å²) in [6.45, 7) is 0. The molecule has 1 unspecified atom stereocenters. The standard InChI is InChI=1S/C14H16N4OS/c15-11(8-9-4-2-1-3-5-9)12(19)16-14-18-17-13(20-14)10-6-7-10/h1-5,10-11H,6-8,15H2,(H,16,18,19). The van der Waals surface area contributed by atoms with Crippen molar-refractivity contribution in [1.29, 1.82) is 0 Å². The lowest BCUT2D eigenvalue weighted by Crippen LogP contribution is -2.37. The van der Waals surface area contributed by atoms with Crippen molar-refractivity contribution < 1.29 is 4.79 Å². The van der Waals surface area contributed by atoms with E-state index in [1.807, 2.05) is 30.3 Å². The van der Waals surface area contributed by atoms with Crippen LogP contribution >= 0.6 is 11.3 Å². The van der Waals surface area contributed by atoms with Crippen LogP contribution in [0.4, 0.5) is 5.13 Å². The van der Waals surface area contributed by atoms with Crippen LogP contribution in [0.5, 0.6) is 0 Å². The summed E-state index contributed by atoms with van der Waals surface area (Å²) in [5.74, 6) is 0.337. The predicted molar refractivity (Wildman–Crippen MR) is 78.6 cm³/mol. The summed E-state index contributed by atoms with van der Waals surface area (Å²) < 4.78 is 0. The first-order valence-corrected chi connectivity index (χ1v) is 7.48. The van der Waals surface area contributed by atoms with Crippen LogP contribution in [0.1, 0.15) is 29.3 Å². The summed E-state index contributed by atoms with van der Waals surface area (Å²) in [5.41, 5.74) is 6.97. The highest BCUT2D eigenvalue weighted by Crippen LogP contribution is 2.42. The van der Waals surface area contributed by atoms with Crippen molar-refractivity contribution in [3.05, 3.63) is 40.9 Å². The van der Waals surface area contributed by atoms with Gasteiger partial charge in [-0.25, -0.2) is 0 Å². The Morgan fingerprint density at radius 1 is 1.35 bits per heavy atom. The molecule has 0 aliphatic heterocycles. The van der Waals surface area contributed by atoms with Crippen LogP contribution in [0.3, 0.4) is 0 Å². The van der Waals surface area contributed by atoms with Crippen LogP contribution < -0.4 is 11.1 Å². The lowest BCUT2D eigenvalue weighted by atomic mass is 10.1. The van der Waals surface area contributed by atoms with Gasteiger partial charge in [0, 0.05) is 5.92 Å². The zero-order valence-electron chi connectivity index (χ0n) is 11.0. The van der Waals surface area contributed by atoms with Gasteiger partial charge in [-0.3, -0.25) is 10.1 Å². The average molecular weight is 288 g/mol. The molecule has 20 heavy (non-hydrogen) atoms. The van der Waals surface area contributed by atoms with Gasteiger partial charge in [-0.15, -0.1) is 10.2 Å². The Morgan fingerprint density at radius 2 is 2.10 bits per heavy atom. The highest BCUT2D eigenvalue weighted by molar-refractivity contribution is 7.15. The molecular formula is C14H16N4OS. The highest BCUT2D eigenvalue weighted by Gasteiger charge is 2.28. The maximum Gasteiger partial charge on any atom is 0.243 e. The Kier molecular flexibility index (Phi) is 3.75. The maximum atomic E-state index is 12.0. The number of nitrogens with two attached hydrogens (primary N) is 1. The van der Waals surface area contributed by atoms with Crippen LogP contribution in [0.25, 0.3) is 0 Å². The summed E-state index contributed by atoms with van der Waals surface area (Å²) >= 11 is 1.45. The third-order valence-electron chi connectivity index (χ3n) is 3.23. The van der Waals surface area contributed by atoms with Gasteiger partial charge in [0.05, 0.1) is 6.04 Å². The Morgan fingerprint density at radius 3 is 2.80 bits per heavy atom. The summed E-state index contributed by atoms with van der Waals surface area (Å²) in [6, 6.07) is 9.16. The Bertz CT molecular complexity index is 594. The molecule has 1 heterocycles. The van der Waals surface area contributed by atoms with E-state index < -0.39 is 6.04 Å². The van der Waals surface area contributed by atoms with Gasteiger partial charge in [-0.1, -0.05) is 41.7 Å². The molecule has 3 rings (SSSR count). The molecule has 0 saturated heterocycles. The number of nitrogens with zero attached hydrogens (tertiary/aromatic N) is 2. The number of hydrogen-bond acceptors (Lipinski definition) is 5. The van der Waals surface area contributed by atoms with E-state index in [-0.39, 0.29) is 5.91 Å². The minimum absolute atomic E-state index is 0.215. The van der Waals surface area contributed by atoms with Gasteiger partial charge >= 0.3 is 0 Å². The molecule has 1 fully saturated rings. The van der Waals surface area contributed by atoms with Crippen LogP contribution in [0.15, 0.2) is 30.3 Å². The smallest absolute Gasteiger partial charge is 0.243 e. The van der Waals surface area contributed by atoms with Crippen molar-refractivity contribution in [2.45, 2.75) is 31.2 Å². The number of anilines is 1. The average Bonchev–Trinajstić information content (AvgIpc) is 3.20. The van der Waals surface area contributed by atoms with Gasteiger partial charge in [0.15, 0.2) is 0 Å². The van der Waals surface area contributed by atoms with Crippen molar-refractivity contribution in [3.63, 3.8) is 0 Å². The topological polar surface area (TPSA) is 80.9 Å². The Hall–Kier alpha value is -1.79. The number of rotatable bonds is 5. The number of amides is 1. The minimum atomic E-state index is -0.578. The van der Waals surface area contributed by atoms with Gasteiger partial charge in [0.25, 0.3) is 0 Å². The van der Waals surface area contributed by atoms with E-state index >= 15 is 0 Å². The minimum Gasteiger partial charge on any atom is -0.320 e. The Labute approximate surface area is 121 Å². The van der Waals surface area contributed by atoms with Crippen LogP contribution in [-0.4, -0.2) is 22.1 Å². The molecule has 0 bridgehead atoms. The van der Waals surface area contributed by atoms with Crippen LogP contribution in [0, 0.1) is 0 Å². The summed E-state index contributed by atoms with van der Waals surface area (Å²) in [4.78, 5) is 12.0. The first-order valence-electron chi connectivity index (χ1n) is 6.66. The van der Waals surface area contributed by atoms with E-state index in [2.05, 4.69) is 15.5 Å². The second-order valence-electron chi connectivity index (χ2n) is 5.01. The second kappa shape index (κ2) is 5.68. The zero-order valence-corrected chi connectivity index (χ0v) is 11.8. The molecule has 0 spiro atoms. The van der Waals surface area contributed by atoms with E-state index in [9.17, 15) is 4.79 Å². The fourth-order valence-electron chi connectivity index (χ4n) is 1.94. The largest absolute Gasteiger partial charge is 0.320 e. The van der Waals surface area contributed by atoms with Gasteiger partial charge in [0.2, 0.25) is 11.0 Å². The normalized spacial score (nSPS) is 15.8. The fraction of sp³-hybridized carbons (Fsp3) is 0.357. The number of carbonyl (C=O) groups is 1. The molecule has 0 radical (unpaired) electrons. The van der Waals surface area contributed by atoms with E-state index in [4.69, 9.17) is 5.73 Å². The van der Waals surface area contributed by atoms with Gasteiger partial charge in [-0.05, 0) is 24.8 Å². The molecular weight excluding hydrogens is 272 g/mol. The molecule has 1 aliphatic rings. The number of nitrogens with one attached hydrogen (secondary N) is 1. The van der Waals surface area contributed by atoms with Gasteiger partial charge in [-0.2, -0.15) is 0 Å². The quantitative estimate of drug-likeness (QED) is 0.881. The van der Waals surface area contributed by atoms with Gasteiger partial charge < -0.3 is 5.73 Å². The van der Waals surface area contributed by atoms with E-state index in [1.54, 1.807) is 0 Å². The van der Waals surface area contributed by atoms with Crippen molar-refractivity contribution in [2.75, 3.05) is 5.32 Å². The molecule has 1 aromatic carbocycles. The molecule has 1 atom stereocenters. The number of hydrogen-bond donors (Lipinski definition) is 2. The first-order chi connectivity index (χ1) is 9.72. The third kappa shape index (κ3) is 3.20. The molecule has 1 aromatic heterocycles. The lowest BCUT2D eigenvalue weighted by molar-refractivity contribution is -0.117. The Balaban J connectivity index is 1.57. The number of carbonyl (C=O) groups excluding carboxylic acids is 1. The first kappa shape index (κ1) is 13.2. The number of aromatic nitrogens is 2.